The molecular formula is C15H19Br2N3. The first-order valence-electron chi connectivity index (χ1n) is 6.81. The Bertz CT molecular complexity index is 593. The van der Waals surface area contributed by atoms with Gasteiger partial charge in [0.25, 0.3) is 0 Å². The molecule has 20 heavy (non-hydrogen) atoms. The summed E-state index contributed by atoms with van der Waals surface area (Å²) in [7, 11) is 0. The molecule has 2 rings (SSSR count). The van der Waals surface area contributed by atoms with Crippen molar-refractivity contribution in [1.29, 1.82) is 0 Å². The first kappa shape index (κ1) is 15.7. The molecule has 0 fully saturated rings. The average molecular weight is 401 g/mol. The van der Waals surface area contributed by atoms with Crippen molar-refractivity contribution in [3.05, 3.63) is 50.2 Å². The van der Waals surface area contributed by atoms with Crippen LogP contribution in [0.1, 0.15) is 36.8 Å². The normalized spacial score (nSPS) is 12.7. The standard InChI is InChI=1S/C15H19Br2N3/c1-3-13-15(17)14(20(4-2)19-13)9-12(18)10-6-5-7-11(16)8-10/h5-8,12H,3-4,9,18H2,1-2H3. The van der Waals surface area contributed by atoms with Gasteiger partial charge in [-0.15, -0.1) is 0 Å². The molecule has 0 aliphatic rings. The summed E-state index contributed by atoms with van der Waals surface area (Å²) in [6.07, 6.45) is 1.70. The molecule has 1 unspecified atom stereocenters. The Kier molecular flexibility index (Phi) is 5.41. The number of rotatable bonds is 5. The molecule has 1 aromatic carbocycles. The highest BCUT2D eigenvalue weighted by atomic mass is 79.9. The minimum absolute atomic E-state index is 0.0319. The van der Waals surface area contributed by atoms with E-state index in [9.17, 15) is 0 Å². The first-order chi connectivity index (χ1) is 9.56. The van der Waals surface area contributed by atoms with Crippen molar-refractivity contribution in [3.8, 4) is 0 Å². The van der Waals surface area contributed by atoms with Crippen LogP contribution in [0.2, 0.25) is 0 Å². The van der Waals surface area contributed by atoms with E-state index < -0.39 is 0 Å². The molecule has 1 atom stereocenters. The van der Waals surface area contributed by atoms with Gasteiger partial charge in [-0.1, -0.05) is 35.0 Å². The number of benzene rings is 1. The van der Waals surface area contributed by atoms with Crippen molar-refractivity contribution >= 4 is 31.9 Å². The molecule has 2 N–H and O–H groups in total. The van der Waals surface area contributed by atoms with Crippen LogP contribution in [0, 0.1) is 0 Å². The van der Waals surface area contributed by atoms with Crippen LogP contribution in [-0.2, 0) is 19.4 Å². The zero-order chi connectivity index (χ0) is 14.7. The van der Waals surface area contributed by atoms with Gasteiger partial charge in [0.15, 0.2) is 0 Å². The van der Waals surface area contributed by atoms with Crippen molar-refractivity contribution in [2.75, 3.05) is 0 Å². The monoisotopic (exact) mass is 399 g/mol. The van der Waals surface area contributed by atoms with Gasteiger partial charge in [-0.3, -0.25) is 4.68 Å². The Morgan fingerprint density at radius 2 is 2.05 bits per heavy atom. The van der Waals surface area contributed by atoms with Gasteiger partial charge in [0.1, 0.15) is 0 Å². The summed E-state index contributed by atoms with van der Waals surface area (Å²) in [5.74, 6) is 0. The van der Waals surface area contributed by atoms with E-state index in [1.807, 2.05) is 16.8 Å². The van der Waals surface area contributed by atoms with Gasteiger partial charge in [0.2, 0.25) is 0 Å². The first-order valence-corrected chi connectivity index (χ1v) is 8.40. The fourth-order valence-corrected chi connectivity index (χ4v) is 3.42. The Balaban J connectivity index is 2.27. The minimum atomic E-state index is -0.0319. The molecule has 0 saturated carbocycles. The summed E-state index contributed by atoms with van der Waals surface area (Å²) in [6.45, 7) is 5.08. The maximum atomic E-state index is 6.36. The number of nitrogens with two attached hydrogens (primary N) is 1. The van der Waals surface area contributed by atoms with E-state index in [-0.39, 0.29) is 6.04 Å². The lowest BCUT2D eigenvalue weighted by atomic mass is 10.0. The highest BCUT2D eigenvalue weighted by Gasteiger charge is 2.17. The van der Waals surface area contributed by atoms with Gasteiger partial charge in [0, 0.05) is 23.5 Å². The molecule has 108 valence electrons. The second-order valence-corrected chi connectivity index (χ2v) is 6.45. The molecule has 2 aromatic rings. The average Bonchev–Trinajstić information content (AvgIpc) is 2.75. The molecule has 0 bridgehead atoms. The highest BCUT2D eigenvalue weighted by Crippen LogP contribution is 2.27. The van der Waals surface area contributed by atoms with Gasteiger partial charge >= 0.3 is 0 Å². The topological polar surface area (TPSA) is 43.8 Å². The van der Waals surface area contributed by atoms with Crippen LogP contribution in [0.4, 0.5) is 0 Å². The number of aromatic nitrogens is 2. The van der Waals surface area contributed by atoms with Crippen molar-refractivity contribution in [3.63, 3.8) is 0 Å². The minimum Gasteiger partial charge on any atom is -0.324 e. The van der Waals surface area contributed by atoms with E-state index in [2.05, 4.69) is 62.9 Å². The molecular weight excluding hydrogens is 382 g/mol. The van der Waals surface area contributed by atoms with Gasteiger partial charge in [-0.2, -0.15) is 5.10 Å². The maximum Gasteiger partial charge on any atom is 0.0766 e. The summed E-state index contributed by atoms with van der Waals surface area (Å²) in [4.78, 5) is 0. The zero-order valence-electron chi connectivity index (χ0n) is 11.7. The lowest BCUT2D eigenvalue weighted by molar-refractivity contribution is 0.584. The predicted octanol–water partition coefficient (Wildman–Crippen LogP) is 4.23. The third kappa shape index (κ3) is 3.32. The van der Waals surface area contributed by atoms with Gasteiger partial charge in [-0.05, 0) is 47.0 Å². The largest absolute Gasteiger partial charge is 0.324 e. The summed E-state index contributed by atoms with van der Waals surface area (Å²) in [6, 6.07) is 8.14. The van der Waals surface area contributed by atoms with E-state index in [1.165, 1.54) is 5.69 Å². The Morgan fingerprint density at radius 3 is 2.65 bits per heavy atom. The molecule has 3 nitrogen and oxygen atoms in total. The summed E-state index contributed by atoms with van der Waals surface area (Å²) in [5.41, 5.74) is 9.77. The number of hydrogen-bond donors (Lipinski definition) is 1. The number of aryl methyl sites for hydroxylation is 2. The van der Waals surface area contributed by atoms with Crippen LogP contribution >= 0.6 is 31.9 Å². The fourth-order valence-electron chi connectivity index (χ4n) is 2.28. The molecule has 1 aromatic heterocycles. The Hall–Kier alpha value is -0.650. The van der Waals surface area contributed by atoms with Crippen LogP contribution in [-0.4, -0.2) is 9.78 Å². The van der Waals surface area contributed by atoms with E-state index in [0.29, 0.717) is 0 Å². The van der Waals surface area contributed by atoms with E-state index in [0.717, 1.165) is 39.6 Å². The number of nitrogens with zero attached hydrogens (tertiary/aromatic N) is 2. The van der Waals surface area contributed by atoms with Gasteiger partial charge < -0.3 is 5.73 Å². The van der Waals surface area contributed by atoms with Crippen molar-refractivity contribution in [2.24, 2.45) is 5.73 Å². The van der Waals surface area contributed by atoms with Gasteiger partial charge in [0.05, 0.1) is 15.9 Å². The third-order valence-electron chi connectivity index (χ3n) is 3.38. The quantitative estimate of drug-likeness (QED) is 0.815. The smallest absolute Gasteiger partial charge is 0.0766 e. The van der Waals surface area contributed by atoms with Crippen molar-refractivity contribution in [2.45, 2.75) is 39.3 Å². The second kappa shape index (κ2) is 6.87. The molecule has 0 aliphatic carbocycles. The Morgan fingerprint density at radius 1 is 1.30 bits per heavy atom. The maximum absolute atomic E-state index is 6.36. The molecule has 0 radical (unpaired) electrons. The predicted molar refractivity (Wildman–Crippen MR) is 89.8 cm³/mol. The molecule has 0 aliphatic heterocycles. The fraction of sp³-hybridized carbons (Fsp3) is 0.400. The van der Waals surface area contributed by atoms with Crippen LogP contribution in [0.5, 0.6) is 0 Å². The van der Waals surface area contributed by atoms with E-state index in [4.69, 9.17) is 5.73 Å². The van der Waals surface area contributed by atoms with Crippen LogP contribution in [0.25, 0.3) is 0 Å². The number of halogens is 2. The van der Waals surface area contributed by atoms with Crippen LogP contribution in [0.15, 0.2) is 33.2 Å². The summed E-state index contributed by atoms with van der Waals surface area (Å²) in [5, 5.41) is 4.62. The van der Waals surface area contributed by atoms with Crippen LogP contribution in [0.3, 0.4) is 0 Å². The zero-order valence-corrected chi connectivity index (χ0v) is 14.9. The van der Waals surface area contributed by atoms with Crippen molar-refractivity contribution < 1.29 is 0 Å². The van der Waals surface area contributed by atoms with E-state index in [1.54, 1.807) is 0 Å². The van der Waals surface area contributed by atoms with E-state index >= 15 is 0 Å². The lowest BCUT2D eigenvalue weighted by Gasteiger charge is -2.14. The lowest BCUT2D eigenvalue weighted by Crippen LogP contribution is -2.16. The van der Waals surface area contributed by atoms with Gasteiger partial charge in [-0.25, -0.2) is 0 Å². The number of hydrogen-bond acceptors (Lipinski definition) is 2. The molecule has 0 spiro atoms. The third-order valence-corrected chi connectivity index (χ3v) is 4.79. The van der Waals surface area contributed by atoms with Crippen molar-refractivity contribution in [1.82, 2.24) is 9.78 Å². The highest BCUT2D eigenvalue weighted by molar-refractivity contribution is 9.10. The second-order valence-electron chi connectivity index (χ2n) is 4.74. The molecule has 0 saturated heterocycles. The SMILES string of the molecule is CCc1nn(CC)c(CC(N)c2cccc(Br)c2)c1Br. The molecule has 0 amide bonds. The summed E-state index contributed by atoms with van der Waals surface area (Å²) < 4.78 is 4.20. The summed E-state index contributed by atoms with van der Waals surface area (Å²) >= 11 is 7.16. The Labute approximate surface area is 136 Å². The molecule has 5 heteroatoms. The van der Waals surface area contributed by atoms with Crippen LogP contribution < -0.4 is 5.73 Å². The molecule has 1 heterocycles.